The van der Waals surface area contributed by atoms with Crippen molar-refractivity contribution in [2.75, 3.05) is 27.3 Å². The third kappa shape index (κ3) is 4.84. The summed E-state index contributed by atoms with van der Waals surface area (Å²) >= 11 is 1.19. The van der Waals surface area contributed by atoms with E-state index < -0.39 is 11.0 Å². The van der Waals surface area contributed by atoms with E-state index in [4.69, 9.17) is 9.47 Å². The molecule has 0 fully saturated rings. The summed E-state index contributed by atoms with van der Waals surface area (Å²) in [6, 6.07) is 10.4. The molecule has 4 rings (SSSR count). The zero-order valence-electron chi connectivity index (χ0n) is 21.8. The zero-order chi connectivity index (χ0) is 27.6. The van der Waals surface area contributed by atoms with Crippen molar-refractivity contribution in [1.82, 2.24) is 9.47 Å². The molecule has 1 aliphatic rings. The number of ether oxygens (including phenoxy) is 2. The topological polar surface area (TPSA) is 116 Å². The smallest absolute Gasteiger partial charge is 0.271 e. The lowest BCUT2D eigenvalue weighted by Crippen LogP contribution is -2.43. The van der Waals surface area contributed by atoms with E-state index in [1.807, 2.05) is 13.8 Å². The Hall–Kier alpha value is -4.25. The van der Waals surface area contributed by atoms with Crippen molar-refractivity contribution in [2.45, 2.75) is 26.8 Å². The van der Waals surface area contributed by atoms with Gasteiger partial charge in [-0.3, -0.25) is 24.3 Å². The molecule has 0 spiro atoms. The molecule has 3 aromatic rings. The zero-order valence-corrected chi connectivity index (χ0v) is 22.6. The van der Waals surface area contributed by atoms with Gasteiger partial charge in [-0.1, -0.05) is 11.3 Å². The van der Waals surface area contributed by atoms with E-state index in [0.29, 0.717) is 56.3 Å². The van der Waals surface area contributed by atoms with E-state index in [-0.39, 0.29) is 17.2 Å². The molecule has 10 nitrogen and oxygen atoms in total. The van der Waals surface area contributed by atoms with Crippen molar-refractivity contribution in [3.05, 3.63) is 94.7 Å². The van der Waals surface area contributed by atoms with Crippen molar-refractivity contribution < 1.29 is 19.2 Å². The van der Waals surface area contributed by atoms with E-state index in [2.05, 4.69) is 4.99 Å². The Bertz CT molecular complexity index is 1600. The minimum atomic E-state index is -0.802. The van der Waals surface area contributed by atoms with Crippen LogP contribution in [0.3, 0.4) is 0 Å². The van der Waals surface area contributed by atoms with Crippen LogP contribution in [0, 0.1) is 10.1 Å². The highest BCUT2D eigenvalue weighted by atomic mass is 32.1. The van der Waals surface area contributed by atoms with Crippen molar-refractivity contribution in [3.63, 3.8) is 0 Å². The van der Waals surface area contributed by atoms with Crippen LogP contribution in [0.4, 0.5) is 5.69 Å². The van der Waals surface area contributed by atoms with Crippen LogP contribution >= 0.6 is 11.3 Å². The van der Waals surface area contributed by atoms with E-state index in [1.54, 1.807) is 55.3 Å². The lowest BCUT2D eigenvalue weighted by atomic mass is 9.93. The van der Waals surface area contributed by atoms with Gasteiger partial charge in [0.15, 0.2) is 4.80 Å². The Labute approximate surface area is 222 Å². The van der Waals surface area contributed by atoms with Gasteiger partial charge in [0.25, 0.3) is 17.2 Å². The first-order chi connectivity index (χ1) is 18.2. The van der Waals surface area contributed by atoms with Crippen LogP contribution in [0.2, 0.25) is 0 Å². The second kappa shape index (κ2) is 11.0. The van der Waals surface area contributed by atoms with Crippen LogP contribution in [0.25, 0.3) is 6.08 Å². The number of benzene rings is 2. The molecule has 0 aliphatic carbocycles. The lowest BCUT2D eigenvalue weighted by Gasteiger charge is -2.30. The minimum Gasteiger partial charge on any atom is -0.497 e. The predicted molar refractivity (Wildman–Crippen MR) is 144 cm³/mol. The Morgan fingerprint density at radius 1 is 1.16 bits per heavy atom. The average molecular weight is 537 g/mol. The Morgan fingerprint density at radius 2 is 1.84 bits per heavy atom. The number of carbonyl (C=O) groups excluding carboxylic acids is 1. The summed E-state index contributed by atoms with van der Waals surface area (Å²) in [6.07, 6.45) is 1.67. The molecule has 2 aromatic carbocycles. The number of carbonyl (C=O) groups is 1. The standard InChI is InChI=1S/C27H28N4O6S/c1-6-29(7-2)26(33)23-16(3)28-27-30(24(23)20-15-19(36-4)12-13-21(20)37-5)25(32)22(38-27)14-17-8-10-18(11-9-17)31(34)35/h8-15,24H,6-7H2,1-5H3/b22-14+/t24-/m1/s1. The number of aromatic nitrogens is 1. The summed E-state index contributed by atoms with van der Waals surface area (Å²) < 4.78 is 13.0. The number of amides is 1. The molecule has 11 heteroatoms. The molecule has 1 atom stereocenters. The number of hydrogen-bond acceptors (Lipinski definition) is 8. The van der Waals surface area contributed by atoms with Gasteiger partial charge in [-0.25, -0.2) is 4.99 Å². The summed E-state index contributed by atoms with van der Waals surface area (Å²) in [7, 11) is 3.08. The summed E-state index contributed by atoms with van der Waals surface area (Å²) in [5.74, 6) is 0.842. The first-order valence-corrected chi connectivity index (χ1v) is 12.8. The predicted octanol–water partition coefficient (Wildman–Crippen LogP) is 3.03. The van der Waals surface area contributed by atoms with Gasteiger partial charge in [0.1, 0.15) is 17.5 Å². The van der Waals surface area contributed by atoms with Gasteiger partial charge in [-0.15, -0.1) is 0 Å². The molecule has 0 saturated heterocycles. The van der Waals surface area contributed by atoms with Gasteiger partial charge in [-0.2, -0.15) is 0 Å². The fourth-order valence-corrected chi connectivity index (χ4v) is 5.51. The first kappa shape index (κ1) is 26.8. The average Bonchev–Trinajstić information content (AvgIpc) is 3.22. The maximum atomic E-state index is 13.9. The highest BCUT2D eigenvalue weighted by Gasteiger charge is 2.36. The SMILES string of the molecule is CCN(CC)C(=O)C1=C(C)N=c2s/c(=C/c3ccc([N+](=O)[O-])cc3)c(=O)n2[C@@H]1c1cc(OC)ccc1OC. The molecule has 0 radical (unpaired) electrons. The second-order valence-electron chi connectivity index (χ2n) is 8.52. The summed E-state index contributed by atoms with van der Waals surface area (Å²) in [5, 5.41) is 11.0. The molecule has 198 valence electrons. The molecule has 0 N–H and O–H groups in total. The Balaban J connectivity index is 1.99. The molecule has 1 aromatic heterocycles. The number of allylic oxidation sites excluding steroid dienone is 1. The van der Waals surface area contributed by atoms with Crippen LogP contribution in [-0.2, 0) is 4.79 Å². The van der Waals surface area contributed by atoms with E-state index in [1.165, 1.54) is 35.1 Å². The van der Waals surface area contributed by atoms with Crippen LogP contribution in [0.1, 0.15) is 37.9 Å². The summed E-state index contributed by atoms with van der Waals surface area (Å²) in [5.41, 5.74) is 1.75. The van der Waals surface area contributed by atoms with Crippen molar-refractivity contribution in [1.29, 1.82) is 0 Å². The molecular formula is C27H28N4O6S. The van der Waals surface area contributed by atoms with Crippen LogP contribution in [-0.4, -0.2) is 47.6 Å². The number of fused-ring (bicyclic) bond motifs is 1. The van der Waals surface area contributed by atoms with Gasteiger partial charge in [-0.05, 0) is 62.7 Å². The maximum Gasteiger partial charge on any atom is 0.271 e. The number of rotatable bonds is 8. The van der Waals surface area contributed by atoms with E-state index in [9.17, 15) is 19.7 Å². The minimum absolute atomic E-state index is 0.0380. The Morgan fingerprint density at radius 3 is 2.42 bits per heavy atom. The number of nitro benzene ring substituents is 1. The fraction of sp³-hybridized carbons (Fsp3) is 0.296. The van der Waals surface area contributed by atoms with Crippen LogP contribution < -0.4 is 24.4 Å². The third-order valence-corrected chi connectivity index (χ3v) is 7.42. The van der Waals surface area contributed by atoms with Gasteiger partial charge >= 0.3 is 0 Å². The first-order valence-electron chi connectivity index (χ1n) is 12.0. The van der Waals surface area contributed by atoms with Gasteiger partial charge in [0.05, 0.1) is 34.9 Å². The normalized spacial score (nSPS) is 15.1. The number of hydrogen-bond donors (Lipinski definition) is 0. The van der Waals surface area contributed by atoms with Crippen molar-refractivity contribution >= 4 is 29.0 Å². The van der Waals surface area contributed by atoms with Gasteiger partial charge in [0, 0.05) is 30.8 Å². The lowest BCUT2D eigenvalue weighted by molar-refractivity contribution is -0.384. The molecule has 38 heavy (non-hydrogen) atoms. The number of non-ortho nitro benzene ring substituents is 1. The van der Waals surface area contributed by atoms with Crippen LogP contribution in [0.15, 0.2) is 63.5 Å². The molecule has 1 amide bonds. The molecule has 0 saturated carbocycles. The molecule has 0 unspecified atom stereocenters. The van der Waals surface area contributed by atoms with E-state index >= 15 is 0 Å². The number of methoxy groups -OCH3 is 2. The molecular weight excluding hydrogens is 508 g/mol. The molecule has 1 aliphatic heterocycles. The number of nitro groups is 1. The van der Waals surface area contributed by atoms with Crippen molar-refractivity contribution in [2.24, 2.45) is 4.99 Å². The Kier molecular flexibility index (Phi) is 7.77. The number of likely N-dealkylation sites (N-methyl/N-ethyl adjacent to an activating group) is 1. The van der Waals surface area contributed by atoms with Crippen LogP contribution in [0.5, 0.6) is 11.5 Å². The largest absolute Gasteiger partial charge is 0.497 e. The monoisotopic (exact) mass is 536 g/mol. The summed E-state index contributed by atoms with van der Waals surface area (Å²) in [6.45, 7) is 6.57. The third-order valence-electron chi connectivity index (χ3n) is 6.44. The van der Waals surface area contributed by atoms with Gasteiger partial charge < -0.3 is 14.4 Å². The molecule has 0 bridgehead atoms. The number of nitrogens with zero attached hydrogens (tertiary/aromatic N) is 4. The summed E-state index contributed by atoms with van der Waals surface area (Å²) in [4.78, 5) is 45.0. The van der Waals surface area contributed by atoms with Gasteiger partial charge in [0.2, 0.25) is 0 Å². The van der Waals surface area contributed by atoms with Crippen molar-refractivity contribution in [3.8, 4) is 11.5 Å². The highest BCUT2D eigenvalue weighted by Crippen LogP contribution is 2.38. The molecule has 2 heterocycles. The highest BCUT2D eigenvalue weighted by molar-refractivity contribution is 7.07. The quantitative estimate of drug-likeness (QED) is 0.323. The second-order valence-corrected chi connectivity index (χ2v) is 9.52. The van der Waals surface area contributed by atoms with E-state index in [0.717, 1.165) is 0 Å². The fourth-order valence-electron chi connectivity index (χ4n) is 4.47. The number of thiazole rings is 1. The maximum absolute atomic E-state index is 13.9.